The van der Waals surface area contributed by atoms with Gasteiger partial charge in [-0.3, -0.25) is 4.79 Å². The third kappa shape index (κ3) is 3.66. The van der Waals surface area contributed by atoms with E-state index in [1.807, 2.05) is 4.90 Å². The standard InChI is InChI=1S/C11H22N2O/c1-10(6-7-12)4-5-11(14)13-8-2-3-9-13/h10H,2-9,12H2,1H3. The Labute approximate surface area is 86.6 Å². The second-order valence-electron chi connectivity index (χ2n) is 4.31. The molecule has 1 saturated heterocycles. The minimum atomic E-state index is 0.339. The smallest absolute Gasteiger partial charge is 0.222 e. The summed E-state index contributed by atoms with van der Waals surface area (Å²) in [5, 5.41) is 0. The Balaban J connectivity index is 2.13. The van der Waals surface area contributed by atoms with Crippen LogP contribution in [0.4, 0.5) is 0 Å². The molecule has 0 aromatic carbocycles. The Kier molecular flexibility index (Phi) is 4.94. The molecule has 1 amide bonds. The Hall–Kier alpha value is -0.570. The Morgan fingerprint density at radius 1 is 1.36 bits per heavy atom. The lowest BCUT2D eigenvalue weighted by molar-refractivity contribution is -0.130. The van der Waals surface area contributed by atoms with Gasteiger partial charge in [-0.1, -0.05) is 6.92 Å². The van der Waals surface area contributed by atoms with Crippen LogP contribution in [-0.4, -0.2) is 30.4 Å². The molecule has 82 valence electrons. The number of hydrogen-bond donors (Lipinski definition) is 1. The number of hydrogen-bond acceptors (Lipinski definition) is 2. The van der Waals surface area contributed by atoms with Gasteiger partial charge in [-0.15, -0.1) is 0 Å². The average Bonchev–Trinajstić information content (AvgIpc) is 2.67. The molecule has 3 nitrogen and oxygen atoms in total. The van der Waals surface area contributed by atoms with Crippen molar-refractivity contribution < 1.29 is 4.79 Å². The van der Waals surface area contributed by atoms with Crippen LogP contribution in [0.15, 0.2) is 0 Å². The lowest BCUT2D eigenvalue weighted by atomic mass is 10.0. The van der Waals surface area contributed by atoms with Crippen molar-refractivity contribution in [3.05, 3.63) is 0 Å². The zero-order valence-corrected chi connectivity index (χ0v) is 9.17. The molecule has 1 rings (SSSR count). The van der Waals surface area contributed by atoms with Gasteiger partial charge in [0.15, 0.2) is 0 Å². The van der Waals surface area contributed by atoms with E-state index < -0.39 is 0 Å². The van der Waals surface area contributed by atoms with E-state index in [9.17, 15) is 4.79 Å². The van der Waals surface area contributed by atoms with E-state index in [0.717, 1.165) is 32.5 Å². The van der Waals surface area contributed by atoms with Gasteiger partial charge in [0.1, 0.15) is 0 Å². The van der Waals surface area contributed by atoms with Crippen LogP contribution in [0.1, 0.15) is 39.0 Å². The molecule has 0 saturated carbocycles. The molecule has 1 aliphatic rings. The van der Waals surface area contributed by atoms with Crippen LogP contribution in [0.25, 0.3) is 0 Å². The van der Waals surface area contributed by atoms with Gasteiger partial charge >= 0.3 is 0 Å². The van der Waals surface area contributed by atoms with E-state index in [0.29, 0.717) is 18.2 Å². The highest BCUT2D eigenvalue weighted by Gasteiger charge is 2.17. The first kappa shape index (κ1) is 11.5. The maximum atomic E-state index is 11.6. The zero-order chi connectivity index (χ0) is 10.4. The molecule has 0 spiro atoms. The van der Waals surface area contributed by atoms with Crippen LogP contribution in [0.5, 0.6) is 0 Å². The molecule has 1 fully saturated rings. The predicted molar refractivity (Wildman–Crippen MR) is 57.9 cm³/mol. The van der Waals surface area contributed by atoms with Crippen LogP contribution in [0, 0.1) is 5.92 Å². The van der Waals surface area contributed by atoms with Gasteiger partial charge in [-0.25, -0.2) is 0 Å². The Bertz CT molecular complexity index is 176. The fourth-order valence-electron chi connectivity index (χ4n) is 1.92. The lowest BCUT2D eigenvalue weighted by Gasteiger charge is -2.16. The van der Waals surface area contributed by atoms with Crippen molar-refractivity contribution in [3.63, 3.8) is 0 Å². The summed E-state index contributed by atoms with van der Waals surface area (Å²) < 4.78 is 0. The molecule has 1 atom stereocenters. The van der Waals surface area contributed by atoms with Crippen molar-refractivity contribution in [2.75, 3.05) is 19.6 Å². The summed E-state index contributed by atoms with van der Waals surface area (Å²) in [6.07, 6.45) is 5.11. The fraction of sp³-hybridized carbons (Fsp3) is 0.909. The molecule has 0 bridgehead atoms. The minimum Gasteiger partial charge on any atom is -0.343 e. The number of amides is 1. The SMILES string of the molecule is CC(CCN)CCC(=O)N1CCCC1. The van der Waals surface area contributed by atoms with Crippen LogP contribution >= 0.6 is 0 Å². The number of carbonyl (C=O) groups is 1. The summed E-state index contributed by atoms with van der Waals surface area (Å²) in [6, 6.07) is 0. The molecule has 1 heterocycles. The molecular formula is C11H22N2O. The van der Waals surface area contributed by atoms with Crippen LogP contribution in [-0.2, 0) is 4.79 Å². The minimum absolute atomic E-state index is 0.339. The molecular weight excluding hydrogens is 176 g/mol. The highest BCUT2D eigenvalue weighted by atomic mass is 16.2. The van der Waals surface area contributed by atoms with E-state index in [2.05, 4.69) is 6.92 Å². The van der Waals surface area contributed by atoms with Crippen LogP contribution in [0.3, 0.4) is 0 Å². The predicted octanol–water partition coefficient (Wildman–Crippen LogP) is 1.37. The zero-order valence-electron chi connectivity index (χ0n) is 9.17. The molecule has 1 aliphatic heterocycles. The third-order valence-corrected chi connectivity index (χ3v) is 2.97. The van der Waals surface area contributed by atoms with E-state index in [1.54, 1.807) is 0 Å². The first-order chi connectivity index (χ1) is 6.74. The van der Waals surface area contributed by atoms with E-state index in [4.69, 9.17) is 5.73 Å². The Morgan fingerprint density at radius 3 is 2.57 bits per heavy atom. The molecule has 0 aliphatic carbocycles. The van der Waals surface area contributed by atoms with Crippen molar-refractivity contribution in [3.8, 4) is 0 Å². The van der Waals surface area contributed by atoms with E-state index in [1.165, 1.54) is 12.8 Å². The molecule has 14 heavy (non-hydrogen) atoms. The number of rotatable bonds is 5. The first-order valence-electron chi connectivity index (χ1n) is 5.72. The van der Waals surface area contributed by atoms with Gasteiger partial charge in [0.25, 0.3) is 0 Å². The molecule has 0 radical (unpaired) electrons. The molecule has 3 heteroatoms. The van der Waals surface area contributed by atoms with Crippen molar-refractivity contribution in [1.29, 1.82) is 0 Å². The summed E-state index contributed by atoms with van der Waals surface area (Å²) in [5.74, 6) is 0.929. The quantitative estimate of drug-likeness (QED) is 0.725. The largest absolute Gasteiger partial charge is 0.343 e. The monoisotopic (exact) mass is 198 g/mol. The van der Waals surface area contributed by atoms with E-state index >= 15 is 0 Å². The maximum Gasteiger partial charge on any atom is 0.222 e. The van der Waals surface area contributed by atoms with Crippen LogP contribution in [0.2, 0.25) is 0 Å². The average molecular weight is 198 g/mol. The van der Waals surface area contributed by atoms with Gasteiger partial charge < -0.3 is 10.6 Å². The highest BCUT2D eigenvalue weighted by molar-refractivity contribution is 5.76. The van der Waals surface area contributed by atoms with Crippen molar-refractivity contribution >= 4 is 5.91 Å². The number of carbonyl (C=O) groups excluding carboxylic acids is 1. The van der Waals surface area contributed by atoms with Gasteiger partial charge in [0.05, 0.1) is 0 Å². The summed E-state index contributed by atoms with van der Waals surface area (Å²) >= 11 is 0. The fourth-order valence-corrected chi connectivity index (χ4v) is 1.92. The van der Waals surface area contributed by atoms with Crippen LogP contribution < -0.4 is 5.73 Å². The van der Waals surface area contributed by atoms with Crippen molar-refractivity contribution in [2.45, 2.75) is 39.0 Å². The van der Waals surface area contributed by atoms with Gasteiger partial charge in [0, 0.05) is 19.5 Å². The van der Waals surface area contributed by atoms with Gasteiger partial charge in [-0.05, 0) is 38.1 Å². The molecule has 0 aromatic rings. The summed E-state index contributed by atoms with van der Waals surface area (Å²) in [6.45, 7) is 4.86. The number of likely N-dealkylation sites (tertiary alicyclic amines) is 1. The van der Waals surface area contributed by atoms with E-state index in [-0.39, 0.29) is 0 Å². The topological polar surface area (TPSA) is 46.3 Å². The highest BCUT2D eigenvalue weighted by Crippen LogP contribution is 2.14. The molecule has 1 unspecified atom stereocenters. The second-order valence-corrected chi connectivity index (χ2v) is 4.31. The normalized spacial score (nSPS) is 18.6. The third-order valence-electron chi connectivity index (χ3n) is 2.97. The maximum absolute atomic E-state index is 11.6. The van der Waals surface area contributed by atoms with Gasteiger partial charge in [-0.2, -0.15) is 0 Å². The summed E-state index contributed by atoms with van der Waals surface area (Å²) in [4.78, 5) is 13.6. The first-order valence-corrected chi connectivity index (χ1v) is 5.72. The van der Waals surface area contributed by atoms with Gasteiger partial charge in [0.2, 0.25) is 5.91 Å². The molecule has 0 aromatic heterocycles. The summed E-state index contributed by atoms with van der Waals surface area (Å²) in [7, 11) is 0. The lowest BCUT2D eigenvalue weighted by Crippen LogP contribution is -2.27. The number of nitrogens with two attached hydrogens (primary N) is 1. The molecule has 2 N–H and O–H groups in total. The van der Waals surface area contributed by atoms with Crippen molar-refractivity contribution in [1.82, 2.24) is 4.90 Å². The summed E-state index contributed by atoms with van der Waals surface area (Å²) in [5.41, 5.74) is 5.46. The Morgan fingerprint density at radius 2 is 2.00 bits per heavy atom. The van der Waals surface area contributed by atoms with Crippen molar-refractivity contribution in [2.24, 2.45) is 11.7 Å². The second kappa shape index (κ2) is 6.02. The number of nitrogens with zero attached hydrogens (tertiary/aromatic N) is 1.